The van der Waals surface area contributed by atoms with Crippen LogP contribution in [-0.2, 0) is 4.79 Å². The van der Waals surface area contributed by atoms with Crippen molar-refractivity contribution in [1.29, 1.82) is 0 Å². The van der Waals surface area contributed by atoms with Crippen LogP contribution >= 0.6 is 11.3 Å². The van der Waals surface area contributed by atoms with Gasteiger partial charge in [-0.25, -0.2) is 4.98 Å². The molecule has 128 valence electrons. The molecule has 2 aromatic carbocycles. The predicted octanol–water partition coefficient (Wildman–Crippen LogP) is 4.20. The maximum atomic E-state index is 12.8. The van der Waals surface area contributed by atoms with Crippen LogP contribution in [0.25, 0.3) is 10.2 Å². The molecule has 25 heavy (non-hydrogen) atoms. The van der Waals surface area contributed by atoms with E-state index in [4.69, 9.17) is 9.47 Å². The Morgan fingerprint density at radius 1 is 1.36 bits per heavy atom. The summed E-state index contributed by atoms with van der Waals surface area (Å²) in [5.41, 5.74) is 1.79. The molecule has 4 rings (SSSR count). The number of carbonyl (C=O) groups excluding carboxylic acids is 1. The minimum absolute atomic E-state index is 0.0418. The molecule has 0 fully saturated rings. The zero-order chi connectivity index (χ0) is 17.2. The van der Waals surface area contributed by atoms with E-state index in [1.54, 1.807) is 0 Å². The number of amides is 1. The van der Waals surface area contributed by atoms with Crippen LogP contribution < -0.4 is 14.8 Å². The summed E-state index contributed by atoms with van der Waals surface area (Å²) in [4.78, 5) is 17.3. The number of hydrogen-bond donors (Lipinski definition) is 1. The monoisotopic (exact) mass is 354 g/mol. The highest BCUT2D eigenvalue weighted by Crippen LogP contribution is 2.35. The topological polar surface area (TPSA) is 60.5 Å². The Labute approximate surface area is 149 Å². The number of hydrogen-bond acceptors (Lipinski definition) is 5. The lowest BCUT2D eigenvalue weighted by Gasteiger charge is -2.24. The van der Waals surface area contributed by atoms with Crippen molar-refractivity contribution in [2.45, 2.75) is 19.3 Å². The van der Waals surface area contributed by atoms with Gasteiger partial charge in [0, 0.05) is 5.56 Å². The van der Waals surface area contributed by atoms with Crippen LogP contribution in [0.2, 0.25) is 0 Å². The van der Waals surface area contributed by atoms with Crippen molar-refractivity contribution in [3.05, 3.63) is 48.0 Å². The zero-order valence-electron chi connectivity index (χ0n) is 13.8. The van der Waals surface area contributed by atoms with Gasteiger partial charge in [0.15, 0.2) is 5.13 Å². The highest BCUT2D eigenvalue weighted by Gasteiger charge is 2.28. The summed E-state index contributed by atoms with van der Waals surface area (Å²) in [6.07, 6.45) is 0.669. The van der Waals surface area contributed by atoms with Gasteiger partial charge in [-0.1, -0.05) is 29.5 Å². The third-order valence-electron chi connectivity index (χ3n) is 4.18. The second-order valence-electron chi connectivity index (χ2n) is 5.80. The number of fused-ring (bicyclic) bond motifs is 2. The predicted molar refractivity (Wildman–Crippen MR) is 98.7 cm³/mol. The molecule has 0 bridgehead atoms. The lowest BCUT2D eigenvalue weighted by Crippen LogP contribution is -2.26. The van der Waals surface area contributed by atoms with Crippen LogP contribution in [-0.4, -0.2) is 24.1 Å². The molecule has 1 atom stereocenters. The highest BCUT2D eigenvalue weighted by molar-refractivity contribution is 7.22. The molecular weight excluding hydrogens is 336 g/mol. The van der Waals surface area contributed by atoms with Crippen molar-refractivity contribution < 1.29 is 14.3 Å². The number of ether oxygens (including phenoxy) is 2. The van der Waals surface area contributed by atoms with Crippen LogP contribution in [0, 0.1) is 0 Å². The maximum absolute atomic E-state index is 12.8. The Bertz CT molecular complexity index is 922. The fourth-order valence-electron chi connectivity index (χ4n) is 3.02. The maximum Gasteiger partial charge on any atom is 0.233 e. The van der Waals surface area contributed by atoms with E-state index in [9.17, 15) is 4.79 Å². The average molecular weight is 354 g/mol. The first kappa shape index (κ1) is 15.9. The molecule has 5 nitrogen and oxygen atoms in total. The molecule has 0 radical (unpaired) electrons. The fourth-order valence-corrected chi connectivity index (χ4v) is 3.92. The minimum atomic E-state index is -0.212. The molecule has 0 saturated carbocycles. The van der Waals surface area contributed by atoms with Gasteiger partial charge >= 0.3 is 0 Å². The van der Waals surface area contributed by atoms with Gasteiger partial charge in [-0.2, -0.15) is 0 Å². The van der Waals surface area contributed by atoms with Crippen molar-refractivity contribution in [2.24, 2.45) is 0 Å². The Morgan fingerprint density at radius 2 is 2.24 bits per heavy atom. The van der Waals surface area contributed by atoms with Crippen LogP contribution in [0.4, 0.5) is 5.13 Å². The molecular formula is C19H18N2O3S. The zero-order valence-corrected chi connectivity index (χ0v) is 14.6. The number of carbonyl (C=O) groups is 1. The quantitative estimate of drug-likeness (QED) is 0.763. The van der Waals surface area contributed by atoms with Gasteiger partial charge in [0.1, 0.15) is 11.5 Å². The lowest BCUT2D eigenvalue weighted by atomic mass is 9.92. The normalized spacial score (nSPS) is 16.1. The molecule has 1 unspecified atom stereocenters. The number of thiazole rings is 1. The van der Waals surface area contributed by atoms with E-state index in [1.807, 2.05) is 49.4 Å². The SMILES string of the molecule is CCOc1ccc2nc(NC(=O)C3CCOc4ccccc43)sc2c1. The standard InChI is InChI=1S/C19H18N2O3S/c1-2-23-12-7-8-15-17(11-12)25-19(20-15)21-18(22)14-9-10-24-16-6-4-3-5-13(14)16/h3-8,11,14H,2,9-10H2,1H3,(H,20,21,22). The number of nitrogens with zero attached hydrogens (tertiary/aromatic N) is 1. The summed E-state index contributed by atoms with van der Waals surface area (Å²) in [5.74, 6) is 1.35. The Hall–Kier alpha value is -2.60. The number of anilines is 1. The molecule has 0 saturated heterocycles. The minimum Gasteiger partial charge on any atom is -0.494 e. The summed E-state index contributed by atoms with van der Waals surface area (Å²) in [5, 5.41) is 3.57. The third kappa shape index (κ3) is 3.17. The van der Waals surface area contributed by atoms with Crippen molar-refractivity contribution in [3.63, 3.8) is 0 Å². The molecule has 0 spiro atoms. The molecule has 2 heterocycles. The summed E-state index contributed by atoms with van der Waals surface area (Å²) < 4.78 is 12.1. The van der Waals surface area contributed by atoms with Crippen molar-refractivity contribution in [2.75, 3.05) is 18.5 Å². The fraction of sp³-hybridized carbons (Fsp3) is 0.263. The number of aromatic nitrogens is 1. The molecule has 1 amide bonds. The molecule has 1 aliphatic rings. The van der Waals surface area contributed by atoms with E-state index in [1.165, 1.54) is 11.3 Å². The lowest BCUT2D eigenvalue weighted by molar-refractivity contribution is -0.118. The largest absolute Gasteiger partial charge is 0.494 e. The van der Waals surface area contributed by atoms with Crippen molar-refractivity contribution in [3.8, 4) is 11.5 Å². The van der Waals surface area contributed by atoms with E-state index in [2.05, 4.69) is 10.3 Å². The number of rotatable bonds is 4. The first-order valence-corrected chi connectivity index (χ1v) is 9.12. The number of nitrogens with one attached hydrogen (secondary N) is 1. The summed E-state index contributed by atoms with van der Waals surface area (Å²) in [7, 11) is 0. The molecule has 0 aliphatic carbocycles. The average Bonchev–Trinajstić information content (AvgIpc) is 3.03. The van der Waals surface area contributed by atoms with Gasteiger partial charge in [-0.15, -0.1) is 0 Å². The second kappa shape index (κ2) is 6.72. The smallest absolute Gasteiger partial charge is 0.233 e. The van der Waals surface area contributed by atoms with Gasteiger partial charge in [0.25, 0.3) is 0 Å². The van der Waals surface area contributed by atoms with Crippen molar-refractivity contribution in [1.82, 2.24) is 4.98 Å². The van der Waals surface area contributed by atoms with Gasteiger partial charge in [0.05, 0.1) is 29.3 Å². The van der Waals surface area contributed by atoms with E-state index >= 15 is 0 Å². The van der Waals surface area contributed by atoms with Gasteiger partial charge < -0.3 is 14.8 Å². The van der Waals surface area contributed by atoms with Crippen LogP contribution in [0.3, 0.4) is 0 Å². The summed E-state index contributed by atoms with van der Waals surface area (Å²) in [6.45, 7) is 3.12. The van der Waals surface area contributed by atoms with Gasteiger partial charge in [0.2, 0.25) is 5.91 Å². The van der Waals surface area contributed by atoms with Gasteiger partial charge in [-0.3, -0.25) is 4.79 Å². The Kier molecular flexibility index (Phi) is 4.28. The first-order valence-electron chi connectivity index (χ1n) is 8.30. The summed E-state index contributed by atoms with van der Waals surface area (Å²) >= 11 is 1.46. The molecule has 6 heteroatoms. The highest BCUT2D eigenvalue weighted by atomic mass is 32.1. The molecule has 3 aromatic rings. The molecule has 1 aliphatic heterocycles. The van der Waals surface area contributed by atoms with Crippen LogP contribution in [0.1, 0.15) is 24.8 Å². The number of benzene rings is 2. The molecule has 1 aromatic heterocycles. The van der Waals surface area contributed by atoms with Crippen molar-refractivity contribution >= 4 is 32.6 Å². The third-order valence-corrected chi connectivity index (χ3v) is 5.11. The molecule has 1 N–H and O–H groups in total. The van der Waals surface area contributed by atoms with E-state index in [0.717, 1.165) is 27.3 Å². The van der Waals surface area contributed by atoms with Gasteiger partial charge in [-0.05, 0) is 37.6 Å². The summed E-state index contributed by atoms with van der Waals surface area (Å²) in [6, 6.07) is 13.5. The number of para-hydroxylation sites is 1. The van der Waals surface area contributed by atoms with E-state index in [-0.39, 0.29) is 11.8 Å². The first-order chi connectivity index (χ1) is 12.2. The van der Waals surface area contributed by atoms with E-state index < -0.39 is 0 Å². The van der Waals surface area contributed by atoms with E-state index in [0.29, 0.717) is 24.8 Å². The van der Waals surface area contributed by atoms with Crippen LogP contribution in [0.5, 0.6) is 11.5 Å². The second-order valence-corrected chi connectivity index (χ2v) is 6.83. The Morgan fingerprint density at radius 3 is 3.12 bits per heavy atom. The Balaban J connectivity index is 1.56. The van der Waals surface area contributed by atoms with Crippen LogP contribution in [0.15, 0.2) is 42.5 Å².